The Labute approximate surface area is 78.9 Å². The summed E-state index contributed by atoms with van der Waals surface area (Å²) >= 11 is 0. The van der Waals surface area contributed by atoms with Gasteiger partial charge in [0.15, 0.2) is 0 Å². The molecule has 0 aliphatic carbocycles. The van der Waals surface area contributed by atoms with Crippen LogP contribution in [0.2, 0.25) is 0 Å². The van der Waals surface area contributed by atoms with Crippen molar-refractivity contribution in [2.75, 3.05) is 5.73 Å². The Morgan fingerprint density at radius 3 is 1.73 bits per heavy atom. The van der Waals surface area contributed by atoms with Crippen molar-refractivity contribution >= 4 is 5.69 Å². The van der Waals surface area contributed by atoms with Gasteiger partial charge in [-0.1, -0.05) is 6.07 Å². The van der Waals surface area contributed by atoms with Crippen LogP contribution in [-0.2, 0) is 21.1 Å². The second-order valence-corrected chi connectivity index (χ2v) is 1.64. The molecule has 1 aromatic rings. The normalized spacial score (nSPS) is 7.82. The predicted octanol–water partition coefficient (Wildman–Crippen LogP) is 1.99. The van der Waals surface area contributed by atoms with Gasteiger partial charge in [0.25, 0.3) is 0 Å². The molecule has 0 aliphatic rings. The number of nitrogen functional groups attached to an aromatic ring is 1. The van der Waals surface area contributed by atoms with Crippen LogP contribution in [0.3, 0.4) is 0 Å². The van der Waals surface area contributed by atoms with Gasteiger partial charge in [-0.15, -0.1) is 0 Å². The number of hydrogen-bond acceptors (Lipinski definition) is 1. The molecule has 0 aromatic heterocycles. The molecule has 1 nitrogen and oxygen atoms in total. The second kappa shape index (κ2) is 5.25. The molecular weight excluding hydrogens is 320 g/mol. The van der Waals surface area contributed by atoms with Crippen LogP contribution in [0.25, 0.3) is 0 Å². The summed E-state index contributed by atoms with van der Waals surface area (Å²) in [5.74, 6) is -1.43. The largest absolute Gasteiger partial charge is 0.394 e. The summed E-state index contributed by atoms with van der Waals surface area (Å²) in [6.45, 7) is 0. The molecule has 0 bridgehead atoms. The van der Waals surface area contributed by atoms with Crippen LogP contribution in [0.1, 0.15) is 0 Å². The Kier molecular flexibility index (Phi) is 6.29. The second-order valence-electron chi connectivity index (χ2n) is 1.64. The first-order chi connectivity index (χ1) is 4.22. The van der Waals surface area contributed by atoms with E-state index in [-0.39, 0.29) is 28.5 Å². The van der Waals surface area contributed by atoms with Gasteiger partial charge in [-0.3, -0.25) is 0 Å². The van der Waals surface area contributed by atoms with E-state index >= 15 is 0 Å². The van der Waals surface area contributed by atoms with Crippen molar-refractivity contribution in [3.8, 4) is 0 Å². The zero-order valence-corrected chi connectivity index (χ0v) is 8.91. The van der Waals surface area contributed by atoms with E-state index in [1.54, 1.807) is 0 Å². The van der Waals surface area contributed by atoms with Crippen molar-refractivity contribution in [1.29, 1.82) is 0 Å². The molecule has 0 unspecified atom stereocenters. The van der Waals surface area contributed by atoms with Gasteiger partial charge >= 0.3 is 0 Å². The van der Waals surface area contributed by atoms with Crippen molar-refractivity contribution < 1.29 is 29.8 Å². The number of halogens is 2. The van der Waals surface area contributed by atoms with Crippen LogP contribution in [0.15, 0.2) is 18.2 Å². The van der Waals surface area contributed by atoms with Crippen molar-refractivity contribution in [3.63, 3.8) is 0 Å². The number of benzene rings is 1. The van der Waals surface area contributed by atoms with Crippen molar-refractivity contribution in [2.24, 2.45) is 0 Å². The summed E-state index contributed by atoms with van der Waals surface area (Å²) < 4.78 is 24.4. The Bertz CT molecular complexity index is 207. The Morgan fingerprint density at radius 1 is 1.09 bits per heavy atom. The van der Waals surface area contributed by atoms with E-state index < -0.39 is 17.3 Å². The minimum absolute atomic E-state index is 0. The fourth-order valence-corrected chi connectivity index (χ4v) is 0.511. The summed E-state index contributed by atoms with van der Waals surface area (Å²) in [7, 11) is 0. The van der Waals surface area contributed by atoms with Gasteiger partial charge in [-0.05, 0) is 12.1 Å². The number of para-hydroxylation sites is 1. The molecule has 4 heteroatoms. The van der Waals surface area contributed by atoms with Crippen LogP contribution in [0.4, 0.5) is 14.5 Å². The van der Waals surface area contributed by atoms with E-state index in [0.717, 1.165) is 12.1 Å². The third-order valence-electron chi connectivity index (χ3n) is 1.000. The molecule has 62 valence electrons. The molecule has 1 rings (SSSR count). The fourth-order valence-electron chi connectivity index (χ4n) is 0.511. The van der Waals surface area contributed by atoms with Crippen LogP contribution in [0.5, 0.6) is 0 Å². The first kappa shape index (κ1) is 13.2. The number of anilines is 1. The summed E-state index contributed by atoms with van der Waals surface area (Å²) in [5.41, 5.74) is 4.51. The molecule has 0 fully saturated rings. The number of hydrogen-bond donors (Lipinski definition) is 1. The average molecular weight is 328 g/mol. The molecule has 0 atom stereocenters. The van der Waals surface area contributed by atoms with Crippen LogP contribution in [-0.4, -0.2) is 0 Å². The molecule has 0 saturated carbocycles. The molecule has 0 spiro atoms. The van der Waals surface area contributed by atoms with E-state index in [2.05, 4.69) is 0 Å². The van der Waals surface area contributed by atoms with Crippen molar-refractivity contribution in [1.82, 2.24) is 0 Å². The molecule has 0 radical (unpaired) electrons. The first-order valence-electron chi connectivity index (χ1n) is 2.41. The summed E-state index contributed by atoms with van der Waals surface area (Å²) in [5, 5.41) is 0. The van der Waals surface area contributed by atoms with E-state index in [1.807, 2.05) is 0 Å². The smallest absolute Gasteiger partial charge is 0.149 e. The Morgan fingerprint density at radius 2 is 1.45 bits per heavy atom. The maximum atomic E-state index is 12.2. The van der Waals surface area contributed by atoms with Gasteiger partial charge in [-0.2, -0.15) is 0 Å². The quantitative estimate of drug-likeness (QED) is 0.572. The van der Waals surface area contributed by atoms with E-state index in [1.165, 1.54) is 6.07 Å². The molecule has 0 heterocycles. The van der Waals surface area contributed by atoms with E-state index in [4.69, 9.17) is 5.73 Å². The molecule has 0 amide bonds. The fraction of sp³-hybridized carbons (Fsp3) is 0. The molecule has 2 N–H and O–H groups in total. The summed E-state index contributed by atoms with van der Waals surface area (Å²) in [4.78, 5) is 0. The van der Waals surface area contributed by atoms with Gasteiger partial charge in [0, 0.05) is 21.1 Å². The van der Waals surface area contributed by atoms with Gasteiger partial charge in [0.2, 0.25) is 0 Å². The standard InChI is InChI=1S/C6H5F2N.CH3.W/c7-4-2-1-3-5(8)6(4)9;;/h1-3H,9H2;1H3;/q;-1;. The van der Waals surface area contributed by atoms with Crippen molar-refractivity contribution in [3.05, 3.63) is 37.3 Å². The van der Waals surface area contributed by atoms with Gasteiger partial charge in [0.05, 0.1) is 0 Å². The topological polar surface area (TPSA) is 26.0 Å². The molecular formula is C7H8F2NW-. The van der Waals surface area contributed by atoms with E-state index in [0.29, 0.717) is 0 Å². The monoisotopic (exact) mass is 328 g/mol. The first-order valence-corrected chi connectivity index (χ1v) is 2.41. The third-order valence-corrected chi connectivity index (χ3v) is 1.000. The minimum Gasteiger partial charge on any atom is -0.394 e. The molecule has 11 heavy (non-hydrogen) atoms. The Balaban J connectivity index is 0. The maximum Gasteiger partial charge on any atom is 0.149 e. The molecule has 0 saturated heterocycles. The number of rotatable bonds is 0. The van der Waals surface area contributed by atoms with Gasteiger partial charge in [0.1, 0.15) is 17.3 Å². The van der Waals surface area contributed by atoms with Gasteiger partial charge in [-0.25, -0.2) is 8.78 Å². The zero-order chi connectivity index (χ0) is 6.85. The van der Waals surface area contributed by atoms with Gasteiger partial charge < -0.3 is 13.2 Å². The number of nitrogens with two attached hydrogens (primary N) is 1. The molecule has 0 aliphatic heterocycles. The SMILES string of the molecule is Nc1c(F)cccc1F.[CH3-].[W]. The maximum absolute atomic E-state index is 12.2. The minimum atomic E-state index is -0.713. The van der Waals surface area contributed by atoms with E-state index in [9.17, 15) is 8.78 Å². The third kappa shape index (κ3) is 2.98. The van der Waals surface area contributed by atoms with Crippen molar-refractivity contribution in [2.45, 2.75) is 0 Å². The predicted molar refractivity (Wildman–Crippen MR) is 37.2 cm³/mol. The summed E-state index contributed by atoms with van der Waals surface area (Å²) in [6, 6.07) is 3.48. The Hall–Kier alpha value is -0.432. The average Bonchev–Trinajstić information content (AvgIpc) is 1.83. The van der Waals surface area contributed by atoms with Crippen LogP contribution in [0, 0.1) is 19.1 Å². The molecule has 1 aromatic carbocycles. The zero-order valence-electron chi connectivity index (χ0n) is 5.97. The van der Waals surface area contributed by atoms with Crippen LogP contribution >= 0.6 is 0 Å². The van der Waals surface area contributed by atoms with Crippen LogP contribution < -0.4 is 5.73 Å². The summed E-state index contributed by atoms with van der Waals surface area (Å²) in [6.07, 6.45) is 0.